The van der Waals surface area contributed by atoms with E-state index in [0.29, 0.717) is 11.6 Å². The molecule has 1 heterocycles. The number of anilines is 1. The van der Waals surface area contributed by atoms with Gasteiger partial charge in [-0.3, -0.25) is 5.32 Å². The topological polar surface area (TPSA) is 66.0 Å². The summed E-state index contributed by atoms with van der Waals surface area (Å²) in [6.45, 7) is 0. The van der Waals surface area contributed by atoms with Crippen LogP contribution in [0.5, 0.6) is 11.5 Å². The van der Waals surface area contributed by atoms with E-state index < -0.39 is 6.09 Å². The van der Waals surface area contributed by atoms with Crippen LogP contribution >= 0.6 is 0 Å². The molecule has 154 valence electrons. The van der Waals surface area contributed by atoms with Crippen LogP contribution in [0.1, 0.15) is 54.4 Å². The van der Waals surface area contributed by atoms with Gasteiger partial charge in [0, 0.05) is 22.7 Å². The molecule has 1 N–H and O–H groups in total. The van der Waals surface area contributed by atoms with Gasteiger partial charge in [0.25, 0.3) is 0 Å². The van der Waals surface area contributed by atoms with Gasteiger partial charge in [0.05, 0.1) is 27.4 Å². The van der Waals surface area contributed by atoms with E-state index in [0.717, 1.165) is 35.5 Å². The maximum absolute atomic E-state index is 11.6. The molecule has 6 nitrogen and oxygen atoms in total. The van der Waals surface area contributed by atoms with E-state index in [1.807, 2.05) is 36.4 Å². The minimum atomic E-state index is -0.501. The number of rotatable bonds is 4. The number of amides is 1. The highest BCUT2D eigenvalue weighted by Crippen LogP contribution is 2.52. The lowest BCUT2D eigenvalue weighted by atomic mass is 9.75. The van der Waals surface area contributed by atoms with E-state index in [9.17, 15) is 4.79 Å². The summed E-state index contributed by atoms with van der Waals surface area (Å²) in [5.74, 6) is 1.98. The Balaban J connectivity index is 1.83. The summed E-state index contributed by atoms with van der Waals surface area (Å²) in [6.07, 6.45) is 3.80. The predicted molar refractivity (Wildman–Crippen MR) is 110 cm³/mol. The zero-order valence-corrected chi connectivity index (χ0v) is 17.1. The second kappa shape index (κ2) is 8.33. The zero-order chi connectivity index (χ0) is 20.4. The average Bonchev–Trinajstić information content (AvgIpc) is 2.77. The number of ether oxygens (including phenoxy) is 4. The van der Waals surface area contributed by atoms with E-state index in [1.54, 1.807) is 14.2 Å². The van der Waals surface area contributed by atoms with Crippen LogP contribution in [0, 0.1) is 0 Å². The largest absolute Gasteiger partial charge is 0.496 e. The zero-order valence-electron chi connectivity index (χ0n) is 17.1. The summed E-state index contributed by atoms with van der Waals surface area (Å²) in [7, 11) is 4.74. The lowest BCUT2D eigenvalue weighted by Gasteiger charge is -2.42. The van der Waals surface area contributed by atoms with E-state index in [4.69, 9.17) is 18.9 Å². The van der Waals surface area contributed by atoms with Crippen LogP contribution in [0.3, 0.4) is 0 Å². The Morgan fingerprint density at radius 1 is 1.00 bits per heavy atom. The molecule has 2 aromatic rings. The SMILES string of the molecule is COC(=O)Nc1cccc([C@@H]2O[C@H]3CCCC[C@H]3c3c(OC)ccc(OC)c32)c1. The van der Waals surface area contributed by atoms with Crippen LogP contribution in [-0.2, 0) is 9.47 Å². The van der Waals surface area contributed by atoms with Crippen LogP contribution in [0.4, 0.5) is 10.5 Å². The van der Waals surface area contributed by atoms with Crippen molar-refractivity contribution in [2.45, 2.75) is 43.8 Å². The first kappa shape index (κ1) is 19.6. The Bertz CT molecular complexity index is 897. The minimum Gasteiger partial charge on any atom is -0.496 e. The van der Waals surface area contributed by atoms with Crippen molar-refractivity contribution in [3.63, 3.8) is 0 Å². The maximum Gasteiger partial charge on any atom is 0.411 e. The number of hydrogen-bond donors (Lipinski definition) is 1. The highest BCUT2D eigenvalue weighted by molar-refractivity contribution is 5.84. The molecule has 1 aliphatic heterocycles. The Hall–Kier alpha value is -2.73. The van der Waals surface area contributed by atoms with Gasteiger partial charge in [-0.2, -0.15) is 0 Å². The number of benzene rings is 2. The molecule has 0 aromatic heterocycles. The van der Waals surface area contributed by atoms with Crippen molar-refractivity contribution in [1.82, 2.24) is 0 Å². The highest BCUT2D eigenvalue weighted by atomic mass is 16.5. The highest BCUT2D eigenvalue weighted by Gasteiger charge is 2.41. The van der Waals surface area contributed by atoms with Gasteiger partial charge in [-0.15, -0.1) is 0 Å². The van der Waals surface area contributed by atoms with E-state index in [-0.39, 0.29) is 12.2 Å². The summed E-state index contributed by atoms with van der Waals surface area (Å²) in [5, 5.41) is 2.73. The fraction of sp³-hybridized carbons (Fsp3) is 0.435. The summed E-state index contributed by atoms with van der Waals surface area (Å²) < 4.78 is 22.8. The first-order chi connectivity index (χ1) is 14.2. The third-order valence-corrected chi connectivity index (χ3v) is 5.91. The molecule has 4 rings (SSSR count). The quantitative estimate of drug-likeness (QED) is 0.784. The molecule has 0 saturated heterocycles. The lowest BCUT2D eigenvalue weighted by molar-refractivity contribution is -0.0406. The van der Waals surface area contributed by atoms with E-state index in [1.165, 1.54) is 25.5 Å². The van der Waals surface area contributed by atoms with Crippen LogP contribution in [0.25, 0.3) is 0 Å². The van der Waals surface area contributed by atoms with Gasteiger partial charge in [-0.25, -0.2) is 4.79 Å². The van der Waals surface area contributed by atoms with Crippen molar-refractivity contribution in [2.24, 2.45) is 0 Å². The third-order valence-electron chi connectivity index (χ3n) is 5.91. The van der Waals surface area contributed by atoms with Crippen LogP contribution in [0.15, 0.2) is 36.4 Å². The van der Waals surface area contributed by atoms with Gasteiger partial charge < -0.3 is 18.9 Å². The Kier molecular flexibility index (Phi) is 5.62. The van der Waals surface area contributed by atoms with Crippen LogP contribution in [-0.4, -0.2) is 33.5 Å². The van der Waals surface area contributed by atoms with Crippen molar-refractivity contribution in [3.8, 4) is 11.5 Å². The first-order valence-corrected chi connectivity index (χ1v) is 10.0. The van der Waals surface area contributed by atoms with Gasteiger partial charge in [0.2, 0.25) is 0 Å². The van der Waals surface area contributed by atoms with Crippen molar-refractivity contribution in [1.29, 1.82) is 0 Å². The summed E-state index contributed by atoms with van der Waals surface area (Å²) >= 11 is 0. The Morgan fingerprint density at radius 2 is 1.72 bits per heavy atom. The summed E-state index contributed by atoms with van der Waals surface area (Å²) in [5.41, 5.74) is 3.83. The second-order valence-corrected chi connectivity index (χ2v) is 7.49. The van der Waals surface area contributed by atoms with Crippen LogP contribution in [0.2, 0.25) is 0 Å². The number of fused-ring (bicyclic) bond motifs is 3. The minimum absolute atomic E-state index is 0.138. The molecule has 6 heteroatoms. The van der Waals surface area contributed by atoms with Crippen LogP contribution < -0.4 is 14.8 Å². The van der Waals surface area contributed by atoms with E-state index in [2.05, 4.69) is 5.32 Å². The smallest absolute Gasteiger partial charge is 0.411 e. The molecule has 1 fully saturated rings. The van der Waals surface area contributed by atoms with Gasteiger partial charge in [0.1, 0.15) is 17.6 Å². The summed E-state index contributed by atoms with van der Waals surface area (Å²) in [6, 6.07) is 11.6. The number of methoxy groups -OCH3 is 3. The molecule has 0 spiro atoms. The van der Waals surface area contributed by atoms with Crippen molar-refractivity contribution >= 4 is 11.8 Å². The molecule has 2 aromatic carbocycles. The molecule has 2 aliphatic rings. The first-order valence-electron chi connectivity index (χ1n) is 10.0. The van der Waals surface area contributed by atoms with Crippen molar-refractivity contribution in [3.05, 3.63) is 53.1 Å². The van der Waals surface area contributed by atoms with Gasteiger partial charge >= 0.3 is 6.09 Å². The molecule has 0 bridgehead atoms. The molecule has 1 saturated carbocycles. The normalized spacial score (nSPS) is 22.8. The molecular formula is C23H27NO5. The van der Waals surface area contributed by atoms with Gasteiger partial charge in [0.15, 0.2) is 0 Å². The van der Waals surface area contributed by atoms with Crippen molar-refractivity contribution in [2.75, 3.05) is 26.6 Å². The standard InChI is InChI=1S/C23H27NO5/c1-26-18-11-12-19(27-2)21-20(18)16-9-4-5-10-17(16)29-22(21)14-7-6-8-15(13-14)24-23(25)28-3/h6-8,11-13,16-17,22H,4-5,9-10H2,1-3H3,(H,24,25)/t16-,17+,22+/m1/s1. The Labute approximate surface area is 171 Å². The average molecular weight is 397 g/mol. The molecular weight excluding hydrogens is 370 g/mol. The third kappa shape index (κ3) is 3.65. The molecule has 1 amide bonds. The van der Waals surface area contributed by atoms with Crippen molar-refractivity contribution < 1.29 is 23.7 Å². The monoisotopic (exact) mass is 397 g/mol. The Morgan fingerprint density at radius 3 is 2.45 bits per heavy atom. The second-order valence-electron chi connectivity index (χ2n) is 7.49. The molecule has 3 atom stereocenters. The van der Waals surface area contributed by atoms with Gasteiger partial charge in [-0.1, -0.05) is 25.0 Å². The number of carbonyl (C=O) groups excluding carboxylic acids is 1. The fourth-order valence-electron chi connectivity index (χ4n) is 4.63. The number of hydrogen-bond acceptors (Lipinski definition) is 5. The van der Waals surface area contributed by atoms with Gasteiger partial charge in [-0.05, 0) is 42.7 Å². The molecule has 0 unspecified atom stereocenters. The van der Waals surface area contributed by atoms with E-state index >= 15 is 0 Å². The number of nitrogens with one attached hydrogen (secondary N) is 1. The molecule has 1 aliphatic carbocycles. The number of carbonyl (C=O) groups is 1. The maximum atomic E-state index is 11.6. The summed E-state index contributed by atoms with van der Waals surface area (Å²) in [4.78, 5) is 11.6. The predicted octanol–water partition coefficient (Wildman–Crippen LogP) is 5.03. The molecule has 29 heavy (non-hydrogen) atoms. The molecule has 0 radical (unpaired) electrons. The lowest BCUT2D eigenvalue weighted by Crippen LogP contribution is -2.34. The fourth-order valence-corrected chi connectivity index (χ4v) is 4.63.